The molecular formula is C14H12INOS. The minimum atomic E-state index is -0.184. The number of hydrogen-bond acceptors (Lipinski definition) is 3. The number of furan rings is 1. The molecule has 1 aromatic carbocycles. The van der Waals surface area contributed by atoms with Crippen molar-refractivity contribution in [1.29, 1.82) is 0 Å². The largest absolute Gasteiger partial charge is 0.459 e. The first-order valence-corrected chi connectivity index (χ1v) is 7.59. The number of halogens is 1. The van der Waals surface area contributed by atoms with Crippen molar-refractivity contribution in [2.75, 3.05) is 0 Å². The van der Waals surface area contributed by atoms with E-state index in [1.807, 2.05) is 12.1 Å². The second kappa shape index (κ2) is 4.68. The van der Waals surface area contributed by atoms with E-state index in [-0.39, 0.29) is 6.04 Å². The second-order valence-electron chi connectivity index (χ2n) is 4.30. The molecule has 92 valence electrons. The van der Waals surface area contributed by atoms with Crippen molar-refractivity contribution in [2.24, 2.45) is 5.73 Å². The molecule has 0 bridgehead atoms. The van der Waals surface area contributed by atoms with Crippen LogP contribution in [0, 0.1) is 9.81 Å². The van der Waals surface area contributed by atoms with Gasteiger partial charge in [0.05, 0.1) is 8.93 Å². The van der Waals surface area contributed by atoms with Crippen LogP contribution >= 0.6 is 33.9 Å². The van der Waals surface area contributed by atoms with Crippen LogP contribution in [0.5, 0.6) is 0 Å². The first-order valence-electron chi connectivity index (χ1n) is 5.64. The van der Waals surface area contributed by atoms with Gasteiger partial charge in [-0.15, -0.1) is 11.3 Å². The van der Waals surface area contributed by atoms with Crippen LogP contribution in [0.2, 0.25) is 0 Å². The molecule has 0 aliphatic carbocycles. The third-order valence-electron chi connectivity index (χ3n) is 3.01. The third-order valence-corrected chi connectivity index (χ3v) is 4.82. The lowest BCUT2D eigenvalue weighted by molar-refractivity contribution is 0.524. The van der Waals surface area contributed by atoms with Gasteiger partial charge in [0, 0.05) is 5.39 Å². The molecule has 2 N–H and O–H groups in total. The molecule has 0 aliphatic rings. The van der Waals surface area contributed by atoms with Gasteiger partial charge in [-0.25, -0.2) is 0 Å². The lowest BCUT2D eigenvalue weighted by atomic mass is 10.1. The van der Waals surface area contributed by atoms with E-state index in [0.717, 1.165) is 27.9 Å². The monoisotopic (exact) mass is 369 g/mol. The third kappa shape index (κ3) is 2.08. The Bertz CT molecular complexity index is 701. The number of para-hydroxylation sites is 1. The molecule has 0 radical (unpaired) electrons. The van der Waals surface area contributed by atoms with E-state index in [9.17, 15) is 0 Å². The summed E-state index contributed by atoms with van der Waals surface area (Å²) in [7, 11) is 0. The topological polar surface area (TPSA) is 39.2 Å². The Labute approximate surface area is 123 Å². The number of fused-ring (bicyclic) bond motifs is 1. The van der Waals surface area contributed by atoms with Crippen molar-refractivity contribution in [3.63, 3.8) is 0 Å². The summed E-state index contributed by atoms with van der Waals surface area (Å²) < 4.78 is 7.14. The first kappa shape index (κ1) is 12.2. The van der Waals surface area contributed by atoms with Crippen LogP contribution in [0.4, 0.5) is 0 Å². The lowest BCUT2D eigenvalue weighted by Crippen LogP contribution is -2.09. The SMILES string of the molecule is Cc1cccc2cc(C(N)c3csc(I)c3)oc12. The predicted octanol–water partition coefficient (Wildman–Crippen LogP) is 4.46. The van der Waals surface area contributed by atoms with Gasteiger partial charge in [-0.1, -0.05) is 18.2 Å². The molecule has 0 saturated carbocycles. The fourth-order valence-electron chi connectivity index (χ4n) is 2.03. The quantitative estimate of drug-likeness (QED) is 0.678. The van der Waals surface area contributed by atoms with E-state index in [1.54, 1.807) is 11.3 Å². The fraction of sp³-hybridized carbons (Fsp3) is 0.143. The van der Waals surface area contributed by atoms with Crippen molar-refractivity contribution >= 4 is 44.9 Å². The smallest absolute Gasteiger partial charge is 0.137 e. The van der Waals surface area contributed by atoms with Gasteiger partial charge < -0.3 is 10.2 Å². The molecule has 3 aromatic rings. The molecule has 2 heterocycles. The van der Waals surface area contributed by atoms with Crippen molar-refractivity contribution in [3.05, 3.63) is 55.5 Å². The minimum absolute atomic E-state index is 0.184. The Morgan fingerprint density at radius 2 is 2.17 bits per heavy atom. The number of aryl methyl sites for hydroxylation is 1. The molecule has 4 heteroatoms. The van der Waals surface area contributed by atoms with Gasteiger partial charge in [-0.05, 0) is 58.2 Å². The van der Waals surface area contributed by atoms with Crippen LogP contribution in [0.15, 0.2) is 40.1 Å². The van der Waals surface area contributed by atoms with Gasteiger partial charge >= 0.3 is 0 Å². The summed E-state index contributed by atoms with van der Waals surface area (Å²) in [5.74, 6) is 0.827. The summed E-state index contributed by atoms with van der Waals surface area (Å²) >= 11 is 4.01. The summed E-state index contributed by atoms with van der Waals surface area (Å²) in [5, 5.41) is 3.21. The molecular weight excluding hydrogens is 357 g/mol. The molecule has 1 unspecified atom stereocenters. The van der Waals surface area contributed by atoms with Crippen LogP contribution < -0.4 is 5.73 Å². The van der Waals surface area contributed by atoms with Gasteiger partial charge in [-0.2, -0.15) is 0 Å². The van der Waals surface area contributed by atoms with E-state index >= 15 is 0 Å². The Morgan fingerprint density at radius 1 is 1.33 bits per heavy atom. The van der Waals surface area contributed by atoms with Crippen molar-refractivity contribution in [3.8, 4) is 0 Å². The number of rotatable bonds is 2. The van der Waals surface area contributed by atoms with E-state index in [0.29, 0.717) is 0 Å². The highest BCUT2D eigenvalue weighted by molar-refractivity contribution is 14.1. The molecule has 18 heavy (non-hydrogen) atoms. The van der Waals surface area contributed by atoms with Crippen LogP contribution in [-0.4, -0.2) is 0 Å². The van der Waals surface area contributed by atoms with Gasteiger partial charge in [0.2, 0.25) is 0 Å². The zero-order chi connectivity index (χ0) is 12.7. The number of nitrogens with two attached hydrogens (primary N) is 1. The van der Waals surface area contributed by atoms with Crippen LogP contribution in [0.1, 0.15) is 22.9 Å². The maximum Gasteiger partial charge on any atom is 0.137 e. The first-order chi connectivity index (χ1) is 8.65. The summed E-state index contributed by atoms with van der Waals surface area (Å²) in [4.78, 5) is 0. The van der Waals surface area contributed by atoms with Crippen LogP contribution in [0.3, 0.4) is 0 Å². The molecule has 2 aromatic heterocycles. The Balaban J connectivity index is 2.06. The molecule has 2 nitrogen and oxygen atoms in total. The fourth-order valence-corrected chi connectivity index (χ4v) is 3.44. The van der Waals surface area contributed by atoms with Gasteiger partial charge in [0.15, 0.2) is 0 Å². The molecule has 0 aliphatic heterocycles. The molecule has 0 fully saturated rings. The second-order valence-corrected chi connectivity index (χ2v) is 7.11. The van der Waals surface area contributed by atoms with E-state index in [2.05, 4.69) is 53.1 Å². The number of benzene rings is 1. The van der Waals surface area contributed by atoms with Crippen molar-refractivity contribution in [2.45, 2.75) is 13.0 Å². The molecule has 0 spiro atoms. The van der Waals surface area contributed by atoms with E-state index < -0.39 is 0 Å². The predicted molar refractivity (Wildman–Crippen MR) is 84.0 cm³/mol. The van der Waals surface area contributed by atoms with E-state index in [4.69, 9.17) is 10.2 Å². The molecule has 3 rings (SSSR count). The van der Waals surface area contributed by atoms with Gasteiger partial charge in [0.1, 0.15) is 11.3 Å². The van der Waals surface area contributed by atoms with E-state index in [1.165, 1.54) is 2.88 Å². The Morgan fingerprint density at radius 3 is 2.83 bits per heavy atom. The Hall–Kier alpha value is -0.850. The zero-order valence-electron chi connectivity index (χ0n) is 9.81. The highest BCUT2D eigenvalue weighted by Crippen LogP contribution is 2.30. The summed E-state index contributed by atoms with van der Waals surface area (Å²) in [5.41, 5.74) is 9.45. The normalized spacial score (nSPS) is 13.1. The highest BCUT2D eigenvalue weighted by atomic mass is 127. The van der Waals surface area contributed by atoms with Crippen molar-refractivity contribution < 1.29 is 4.42 Å². The van der Waals surface area contributed by atoms with Crippen LogP contribution in [-0.2, 0) is 0 Å². The van der Waals surface area contributed by atoms with Crippen molar-refractivity contribution in [1.82, 2.24) is 0 Å². The molecule has 1 atom stereocenters. The molecule has 0 saturated heterocycles. The van der Waals surface area contributed by atoms with Gasteiger partial charge in [-0.3, -0.25) is 0 Å². The number of thiophene rings is 1. The average Bonchev–Trinajstić information content (AvgIpc) is 2.95. The minimum Gasteiger partial charge on any atom is -0.459 e. The average molecular weight is 369 g/mol. The standard InChI is InChI=1S/C14H12INOS/c1-8-3-2-4-9-5-11(17-14(8)9)13(16)10-6-12(15)18-7-10/h2-7,13H,16H2,1H3. The lowest BCUT2D eigenvalue weighted by Gasteiger charge is -2.05. The maximum atomic E-state index is 6.25. The highest BCUT2D eigenvalue weighted by Gasteiger charge is 2.16. The summed E-state index contributed by atoms with van der Waals surface area (Å²) in [6.45, 7) is 2.05. The zero-order valence-corrected chi connectivity index (χ0v) is 12.8. The van der Waals surface area contributed by atoms with Crippen LogP contribution in [0.25, 0.3) is 11.0 Å². The summed E-state index contributed by atoms with van der Waals surface area (Å²) in [6, 6.07) is 10.1. The maximum absolute atomic E-state index is 6.25. The molecule has 0 amide bonds. The summed E-state index contributed by atoms with van der Waals surface area (Å²) in [6.07, 6.45) is 0. The Kier molecular flexibility index (Phi) is 3.17. The van der Waals surface area contributed by atoms with Gasteiger partial charge in [0.25, 0.3) is 0 Å². The number of hydrogen-bond donors (Lipinski definition) is 1.